The maximum absolute atomic E-state index is 12.1. The van der Waals surface area contributed by atoms with Crippen LogP contribution in [0, 0.1) is 0 Å². The van der Waals surface area contributed by atoms with E-state index in [-0.39, 0.29) is 18.4 Å². The number of carboxylic acid groups (broad SMARTS) is 1. The predicted molar refractivity (Wildman–Crippen MR) is 79.3 cm³/mol. The standard InChI is InChI=1S/C14H18N2O5S/c1-16(8-12(17)15-7-9-3-2-6-22-9)13(18)10-4-5-11(21-10)14(19)20/h2-3,6,10-11H,4-5,7-8H2,1H3,(H,15,17)(H,19,20)/t10-,11+/m0/s1. The Bertz CT molecular complexity index is 545. The van der Waals surface area contributed by atoms with Crippen molar-refractivity contribution in [2.75, 3.05) is 13.6 Å². The van der Waals surface area contributed by atoms with Crippen LogP contribution in [0.3, 0.4) is 0 Å². The summed E-state index contributed by atoms with van der Waals surface area (Å²) in [5.74, 6) is -1.70. The van der Waals surface area contributed by atoms with Crippen molar-refractivity contribution >= 4 is 29.1 Å². The van der Waals surface area contributed by atoms with E-state index in [0.29, 0.717) is 19.4 Å². The van der Waals surface area contributed by atoms with Crippen LogP contribution in [0.25, 0.3) is 0 Å². The monoisotopic (exact) mass is 326 g/mol. The summed E-state index contributed by atoms with van der Waals surface area (Å²) in [7, 11) is 1.50. The van der Waals surface area contributed by atoms with E-state index < -0.39 is 18.2 Å². The average Bonchev–Trinajstić information content (AvgIpc) is 3.15. The van der Waals surface area contributed by atoms with Crippen LogP contribution in [-0.2, 0) is 25.7 Å². The Morgan fingerprint density at radius 3 is 2.73 bits per heavy atom. The molecule has 22 heavy (non-hydrogen) atoms. The number of nitrogens with zero attached hydrogens (tertiary/aromatic N) is 1. The third kappa shape index (κ3) is 4.28. The number of rotatable bonds is 6. The number of ether oxygens (including phenoxy) is 1. The van der Waals surface area contributed by atoms with Gasteiger partial charge < -0.3 is 20.1 Å². The predicted octanol–water partition coefficient (Wildman–Crippen LogP) is 0.455. The van der Waals surface area contributed by atoms with Gasteiger partial charge in [0.1, 0.15) is 6.10 Å². The number of carbonyl (C=O) groups is 3. The van der Waals surface area contributed by atoms with Gasteiger partial charge in [-0.2, -0.15) is 0 Å². The molecule has 1 aliphatic heterocycles. The van der Waals surface area contributed by atoms with Gasteiger partial charge in [-0.25, -0.2) is 4.79 Å². The molecule has 7 nitrogen and oxygen atoms in total. The van der Waals surface area contributed by atoms with Gasteiger partial charge in [0.2, 0.25) is 5.91 Å². The van der Waals surface area contributed by atoms with E-state index in [1.54, 1.807) is 11.3 Å². The summed E-state index contributed by atoms with van der Waals surface area (Å²) < 4.78 is 5.19. The molecule has 1 fully saturated rings. The van der Waals surface area contributed by atoms with Crippen molar-refractivity contribution in [1.82, 2.24) is 10.2 Å². The van der Waals surface area contributed by atoms with Crippen molar-refractivity contribution in [2.45, 2.75) is 31.6 Å². The molecule has 1 aromatic rings. The van der Waals surface area contributed by atoms with Gasteiger partial charge in [-0.05, 0) is 24.3 Å². The summed E-state index contributed by atoms with van der Waals surface area (Å²) in [6.45, 7) is 0.349. The minimum absolute atomic E-state index is 0.0815. The van der Waals surface area contributed by atoms with Crippen LogP contribution in [0.2, 0.25) is 0 Å². The summed E-state index contributed by atoms with van der Waals surface area (Å²) in [6, 6.07) is 3.82. The maximum atomic E-state index is 12.1. The molecule has 2 amide bonds. The molecule has 0 radical (unpaired) electrons. The molecule has 1 aromatic heterocycles. The van der Waals surface area contributed by atoms with Crippen LogP contribution in [0.4, 0.5) is 0 Å². The number of hydrogen-bond acceptors (Lipinski definition) is 5. The van der Waals surface area contributed by atoms with Crippen LogP contribution in [-0.4, -0.2) is 53.6 Å². The van der Waals surface area contributed by atoms with Gasteiger partial charge in [-0.3, -0.25) is 9.59 Å². The van der Waals surface area contributed by atoms with Crippen molar-refractivity contribution in [3.05, 3.63) is 22.4 Å². The molecule has 2 heterocycles. The summed E-state index contributed by atoms with van der Waals surface area (Å²) >= 11 is 1.54. The van der Waals surface area contributed by atoms with Crippen LogP contribution in [0.15, 0.2) is 17.5 Å². The van der Waals surface area contributed by atoms with Gasteiger partial charge in [-0.1, -0.05) is 6.07 Å². The van der Waals surface area contributed by atoms with Crippen LogP contribution in [0.1, 0.15) is 17.7 Å². The highest BCUT2D eigenvalue weighted by Gasteiger charge is 2.36. The smallest absolute Gasteiger partial charge is 0.332 e. The van der Waals surface area contributed by atoms with Crippen LogP contribution < -0.4 is 5.32 Å². The second-order valence-electron chi connectivity index (χ2n) is 5.08. The van der Waals surface area contributed by atoms with E-state index in [1.807, 2.05) is 17.5 Å². The number of amides is 2. The molecule has 2 N–H and O–H groups in total. The lowest BCUT2D eigenvalue weighted by Gasteiger charge is -2.20. The Morgan fingerprint density at radius 2 is 2.14 bits per heavy atom. The molecular weight excluding hydrogens is 308 g/mol. The molecule has 2 atom stereocenters. The Morgan fingerprint density at radius 1 is 1.41 bits per heavy atom. The van der Waals surface area contributed by atoms with Gasteiger partial charge in [0, 0.05) is 11.9 Å². The van der Waals surface area contributed by atoms with Crippen LogP contribution in [0.5, 0.6) is 0 Å². The lowest BCUT2D eigenvalue weighted by atomic mass is 10.2. The van der Waals surface area contributed by atoms with E-state index in [9.17, 15) is 14.4 Å². The number of carbonyl (C=O) groups excluding carboxylic acids is 2. The highest BCUT2D eigenvalue weighted by molar-refractivity contribution is 7.09. The van der Waals surface area contributed by atoms with Crippen molar-refractivity contribution in [3.63, 3.8) is 0 Å². The fourth-order valence-corrected chi connectivity index (χ4v) is 2.84. The minimum atomic E-state index is -1.06. The Labute approximate surface area is 131 Å². The topological polar surface area (TPSA) is 95.9 Å². The number of nitrogens with one attached hydrogen (secondary N) is 1. The SMILES string of the molecule is CN(CC(=O)NCc1cccs1)C(=O)[C@@H]1CC[C@H](C(=O)O)O1. The normalized spacial score (nSPS) is 20.6. The molecule has 0 unspecified atom stereocenters. The number of likely N-dealkylation sites (N-methyl/N-ethyl adjacent to an activating group) is 1. The first-order chi connectivity index (χ1) is 10.5. The van der Waals surface area contributed by atoms with Gasteiger partial charge in [0.15, 0.2) is 6.10 Å². The zero-order valence-corrected chi connectivity index (χ0v) is 13.0. The Kier molecular flexibility index (Phi) is 5.51. The summed E-state index contributed by atoms with van der Waals surface area (Å²) in [6.07, 6.45) is -1.05. The van der Waals surface area contributed by atoms with E-state index >= 15 is 0 Å². The Balaban J connectivity index is 1.76. The zero-order chi connectivity index (χ0) is 16.1. The largest absolute Gasteiger partial charge is 0.479 e. The van der Waals surface area contributed by atoms with Crippen molar-refractivity contribution < 1.29 is 24.2 Å². The van der Waals surface area contributed by atoms with Gasteiger partial charge in [-0.15, -0.1) is 11.3 Å². The number of thiophene rings is 1. The zero-order valence-electron chi connectivity index (χ0n) is 12.2. The Hall–Kier alpha value is -1.93. The van der Waals surface area contributed by atoms with Gasteiger partial charge >= 0.3 is 5.97 Å². The molecule has 1 aliphatic rings. The first-order valence-corrected chi connectivity index (χ1v) is 7.77. The molecule has 0 spiro atoms. The fourth-order valence-electron chi connectivity index (χ4n) is 2.19. The second kappa shape index (κ2) is 7.37. The number of carboxylic acids is 1. The van der Waals surface area contributed by atoms with Crippen molar-refractivity contribution in [1.29, 1.82) is 0 Å². The van der Waals surface area contributed by atoms with Crippen molar-refractivity contribution in [2.24, 2.45) is 0 Å². The summed E-state index contributed by atoms with van der Waals surface area (Å²) in [4.78, 5) is 37.0. The molecule has 0 aromatic carbocycles. The highest BCUT2D eigenvalue weighted by atomic mass is 32.1. The molecule has 0 bridgehead atoms. The first kappa shape index (κ1) is 16.4. The summed E-state index contributed by atoms with van der Waals surface area (Å²) in [5, 5.41) is 13.5. The van der Waals surface area contributed by atoms with Crippen molar-refractivity contribution in [3.8, 4) is 0 Å². The third-order valence-corrected chi connectivity index (χ3v) is 4.24. The quantitative estimate of drug-likeness (QED) is 0.791. The molecule has 1 saturated heterocycles. The molecule has 8 heteroatoms. The second-order valence-corrected chi connectivity index (χ2v) is 6.11. The molecule has 2 rings (SSSR count). The average molecular weight is 326 g/mol. The minimum Gasteiger partial charge on any atom is -0.479 e. The maximum Gasteiger partial charge on any atom is 0.332 e. The van der Waals surface area contributed by atoms with E-state index in [4.69, 9.17) is 9.84 Å². The lowest BCUT2D eigenvalue weighted by Crippen LogP contribution is -2.42. The van der Waals surface area contributed by atoms with E-state index in [1.165, 1.54) is 11.9 Å². The van der Waals surface area contributed by atoms with Gasteiger partial charge in [0.25, 0.3) is 5.91 Å². The summed E-state index contributed by atoms with van der Waals surface area (Å²) in [5.41, 5.74) is 0. The third-order valence-electron chi connectivity index (χ3n) is 3.37. The fraction of sp³-hybridized carbons (Fsp3) is 0.500. The number of aliphatic carboxylic acids is 1. The lowest BCUT2D eigenvalue weighted by molar-refractivity contribution is -0.155. The first-order valence-electron chi connectivity index (χ1n) is 6.89. The highest BCUT2D eigenvalue weighted by Crippen LogP contribution is 2.21. The van der Waals surface area contributed by atoms with E-state index in [0.717, 1.165) is 4.88 Å². The molecule has 0 aliphatic carbocycles. The van der Waals surface area contributed by atoms with Crippen LogP contribution >= 0.6 is 11.3 Å². The molecular formula is C14H18N2O5S. The van der Waals surface area contributed by atoms with E-state index in [2.05, 4.69) is 5.32 Å². The van der Waals surface area contributed by atoms with Gasteiger partial charge in [0.05, 0.1) is 13.1 Å². The number of hydrogen-bond donors (Lipinski definition) is 2. The molecule has 120 valence electrons. The molecule has 0 saturated carbocycles.